The minimum Gasteiger partial charge on any atom is -0.507 e. The second kappa shape index (κ2) is 6.93. The molecule has 1 aromatic carbocycles. The van der Waals surface area contributed by atoms with Gasteiger partial charge in [-0.1, -0.05) is 6.07 Å². The molecule has 4 rings (SSSR count). The highest BCUT2D eigenvalue weighted by Crippen LogP contribution is 2.34. The normalized spacial score (nSPS) is 18.1. The largest absolute Gasteiger partial charge is 0.507 e. The number of nitrogens with zero attached hydrogens (tertiary/aromatic N) is 3. The molecule has 0 bridgehead atoms. The van der Waals surface area contributed by atoms with Crippen molar-refractivity contribution in [3.8, 4) is 17.0 Å². The van der Waals surface area contributed by atoms with E-state index in [2.05, 4.69) is 37.1 Å². The number of likely N-dealkylation sites (tertiary alicyclic amines) is 1. The molecule has 0 spiro atoms. The molecule has 0 saturated carbocycles. The number of pyridine rings is 2. The second-order valence-corrected chi connectivity index (χ2v) is 8.01. The summed E-state index contributed by atoms with van der Waals surface area (Å²) in [5.74, 6) is 0.743. The van der Waals surface area contributed by atoms with Gasteiger partial charge in [-0.25, -0.2) is 9.97 Å². The van der Waals surface area contributed by atoms with Gasteiger partial charge in [-0.2, -0.15) is 0 Å². The first-order valence-corrected chi connectivity index (χ1v) is 9.70. The number of aromatic hydroxyl groups is 1. The summed E-state index contributed by atoms with van der Waals surface area (Å²) in [4.78, 5) is 12.2. The van der Waals surface area contributed by atoms with Gasteiger partial charge in [0.2, 0.25) is 0 Å². The van der Waals surface area contributed by atoms with Crippen LogP contribution in [0.1, 0.15) is 41.1 Å². The second-order valence-electron chi connectivity index (χ2n) is 8.01. The number of fused-ring (bicyclic) bond motifs is 1. The molecule has 1 unspecified atom stereocenters. The van der Waals surface area contributed by atoms with Crippen LogP contribution >= 0.6 is 0 Å². The van der Waals surface area contributed by atoms with E-state index in [1.54, 1.807) is 6.07 Å². The topological polar surface area (TPSA) is 49.2 Å². The molecule has 1 atom stereocenters. The molecule has 4 heteroatoms. The van der Waals surface area contributed by atoms with Crippen LogP contribution in [0, 0.1) is 20.8 Å². The lowest BCUT2D eigenvalue weighted by Gasteiger charge is -2.29. The van der Waals surface area contributed by atoms with Crippen molar-refractivity contribution in [2.45, 2.75) is 39.5 Å². The predicted octanol–water partition coefficient (Wildman–Crippen LogP) is 4.74. The quantitative estimate of drug-likeness (QED) is 0.716. The van der Waals surface area contributed by atoms with Crippen molar-refractivity contribution in [2.24, 2.45) is 0 Å². The monoisotopic (exact) mass is 361 g/mol. The number of likely N-dealkylation sites (N-methyl/N-ethyl adjacent to an activating group) is 1. The molecule has 4 nitrogen and oxygen atoms in total. The summed E-state index contributed by atoms with van der Waals surface area (Å²) in [7, 11) is 2.18. The summed E-state index contributed by atoms with van der Waals surface area (Å²) in [5, 5.41) is 11.6. The standard InChI is InChI=1S/C23H27N3O/c1-14-10-16(3)22(21(27)11-14)19-8-7-18-15(2)12-20(25-23(18)24-19)17-6-5-9-26(4)13-17/h7-8,10-12,17,27H,5-6,9,13H2,1-4H3. The molecule has 0 aliphatic carbocycles. The van der Waals surface area contributed by atoms with E-state index in [-0.39, 0.29) is 5.75 Å². The van der Waals surface area contributed by atoms with Crippen LogP contribution in [0.3, 0.4) is 0 Å². The minimum absolute atomic E-state index is 0.279. The van der Waals surface area contributed by atoms with Crippen LogP contribution in [0.15, 0.2) is 30.3 Å². The zero-order valence-electron chi connectivity index (χ0n) is 16.6. The molecule has 1 saturated heterocycles. The van der Waals surface area contributed by atoms with E-state index in [9.17, 15) is 5.11 Å². The summed E-state index contributed by atoms with van der Waals surface area (Å²) in [5.41, 5.74) is 6.78. The highest BCUT2D eigenvalue weighted by atomic mass is 16.3. The zero-order valence-corrected chi connectivity index (χ0v) is 16.6. The lowest BCUT2D eigenvalue weighted by molar-refractivity contribution is 0.248. The number of aromatic nitrogens is 2. The summed E-state index contributed by atoms with van der Waals surface area (Å²) in [6.45, 7) is 8.35. The third-order valence-electron chi connectivity index (χ3n) is 5.66. The first-order valence-electron chi connectivity index (χ1n) is 9.70. The number of hydrogen-bond donors (Lipinski definition) is 1. The Morgan fingerprint density at radius 3 is 2.59 bits per heavy atom. The number of aryl methyl sites for hydroxylation is 3. The summed E-state index contributed by atoms with van der Waals surface area (Å²) in [6.07, 6.45) is 2.39. The minimum atomic E-state index is 0.279. The van der Waals surface area contributed by atoms with Gasteiger partial charge in [-0.3, -0.25) is 0 Å². The maximum atomic E-state index is 10.5. The van der Waals surface area contributed by atoms with Crippen LogP contribution in [-0.4, -0.2) is 40.1 Å². The molecular weight excluding hydrogens is 334 g/mol. The van der Waals surface area contributed by atoms with E-state index in [0.717, 1.165) is 52.2 Å². The Balaban J connectivity index is 1.82. The van der Waals surface area contributed by atoms with Crippen molar-refractivity contribution < 1.29 is 5.11 Å². The number of benzene rings is 1. The van der Waals surface area contributed by atoms with Crippen molar-refractivity contribution >= 4 is 11.0 Å². The maximum Gasteiger partial charge on any atom is 0.160 e. The lowest BCUT2D eigenvalue weighted by atomic mass is 9.93. The Morgan fingerprint density at radius 2 is 1.85 bits per heavy atom. The number of rotatable bonds is 2. The third-order valence-corrected chi connectivity index (χ3v) is 5.66. The van der Waals surface area contributed by atoms with Crippen LogP contribution in [0.5, 0.6) is 5.75 Å². The van der Waals surface area contributed by atoms with E-state index < -0.39 is 0 Å². The van der Waals surface area contributed by atoms with Gasteiger partial charge in [0.25, 0.3) is 0 Å². The maximum absolute atomic E-state index is 10.5. The predicted molar refractivity (Wildman–Crippen MR) is 110 cm³/mol. The van der Waals surface area contributed by atoms with E-state index in [1.165, 1.54) is 18.4 Å². The highest BCUT2D eigenvalue weighted by Gasteiger charge is 2.21. The fourth-order valence-electron chi connectivity index (χ4n) is 4.33. The molecule has 27 heavy (non-hydrogen) atoms. The first kappa shape index (κ1) is 17.9. The smallest absolute Gasteiger partial charge is 0.160 e. The molecule has 1 aliphatic rings. The van der Waals surface area contributed by atoms with Crippen LogP contribution in [0.2, 0.25) is 0 Å². The molecule has 1 aliphatic heterocycles. The SMILES string of the molecule is Cc1cc(C)c(-c2ccc3c(C)cc(C4CCCN(C)C4)nc3n2)c(O)c1. The molecule has 2 aromatic heterocycles. The average molecular weight is 361 g/mol. The highest BCUT2D eigenvalue weighted by molar-refractivity contribution is 5.83. The Bertz CT molecular complexity index is 989. The Morgan fingerprint density at radius 1 is 1.04 bits per heavy atom. The number of phenolic OH excluding ortho intramolecular Hbond substituents is 1. The molecule has 0 amide bonds. The molecule has 3 heterocycles. The van der Waals surface area contributed by atoms with Crippen molar-refractivity contribution in [1.82, 2.24) is 14.9 Å². The lowest BCUT2D eigenvalue weighted by Crippen LogP contribution is -2.31. The number of phenols is 1. The van der Waals surface area contributed by atoms with Crippen molar-refractivity contribution in [2.75, 3.05) is 20.1 Å². The molecule has 140 valence electrons. The van der Waals surface area contributed by atoms with E-state index >= 15 is 0 Å². The van der Waals surface area contributed by atoms with Crippen molar-refractivity contribution in [1.29, 1.82) is 0 Å². The van der Waals surface area contributed by atoms with Gasteiger partial charge in [-0.15, -0.1) is 0 Å². The van der Waals surface area contributed by atoms with Crippen molar-refractivity contribution in [3.05, 3.63) is 52.7 Å². The van der Waals surface area contributed by atoms with Gasteiger partial charge in [-0.05, 0) is 88.2 Å². The zero-order chi connectivity index (χ0) is 19.1. The first-order chi connectivity index (χ1) is 12.9. The molecular formula is C23H27N3O. The van der Waals surface area contributed by atoms with Gasteiger partial charge < -0.3 is 10.0 Å². The fraction of sp³-hybridized carbons (Fsp3) is 0.391. The van der Waals surface area contributed by atoms with E-state index in [1.807, 2.05) is 19.9 Å². The Labute approximate surface area is 160 Å². The fourth-order valence-corrected chi connectivity index (χ4v) is 4.33. The van der Waals surface area contributed by atoms with Gasteiger partial charge in [0.05, 0.1) is 5.69 Å². The summed E-state index contributed by atoms with van der Waals surface area (Å²) < 4.78 is 0. The summed E-state index contributed by atoms with van der Waals surface area (Å²) >= 11 is 0. The van der Waals surface area contributed by atoms with Gasteiger partial charge >= 0.3 is 0 Å². The van der Waals surface area contributed by atoms with Gasteiger partial charge in [0, 0.05) is 29.1 Å². The van der Waals surface area contributed by atoms with Gasteiger partial charge in [0.1, 0.15) is 5.75 Å². The van der Waals surface area contributed by atoms with E-state index in [0.29, 0.717) is 5.92 Å². The third kappa shape index (κ3) is 3.42. The molecule has 3 aromatic rings. The number of hydrogen-bond acceptors (Lipinski definition) is 4. The molecule has 1 N–H and O–H groups in total. The Kier molecular flexibility index (Phi) is 4.60. The molecule has 0 radical (unpaired) electrons. The van der Waals surface area contributed by atoms with E-state index in [4.69, 9.17) is 9.97 Å². The molecule has 1 fully saturated rings. The number of piperidine rings is 1. The van der Waals surface area contributed by atoms with Crippen LogP contribution < -0.4 is 0 Å². The van der Waals surface area contributed by atoms with Crippen molar-refractivity contribution in [3.63, 3.8) is 0 Å². The van der Waals surface area contributed by atoms with Crippen LogP contribution in [0.4, 0.5) is 0 Å². The van der Waals surface area contributed by atoms with Gasteiger partial charge in [0.15, 0.2) is 5.65 Å². The van der Waals surface area contributed by atoms with Crippen LogP contribution in [0.25, 0.3) is 22.3 Å². The van der Waals surface area contributed by atoms with Crippen LogP contribution in [-0.2, 0) is 0 Å². The average Bonchev–Trinajstić information content (AvgIpc) is 2.60. The summed E-state index contributed by atoms with van der Waals surface area (Å²) in [6, 6.07) is 10.2. The Hall–Kier alpha value is -2.46.